The van der Waals surface area contributed by atoms with Crippen molar-refractivity contribution < 1.29 is 29.4 Å². The number of amides is 2. The maximum absolute atomic E-state index is 12.2. The average molecular weight is 559 g/mol. The summed E-state index contributed by atoms with van der Waals surface area (Å²) in [6.45, 7) is 1.91. The Balaban J connectivity index is 1.41. The minimum absolute atomic E-state index is 0.0149. The van der Waals surface area contributed by atoms with E-state index in [2.05, 4.69) is 15.5 Å². The number of hydrogen-bond acceptors (Lipinski definition) is 10. The molecule has 0 spiro atoms. The zero-order valence-electron chi connectivity index (χ0n) is 20.8. The van der Waals surface area contributed by atoms with Gasteiger partial charge in [0.05, 0.1) is 18.8 Å². The molecule has 12 heteroatoms. The minimum atomic E-state index is -0.602. The van der Waals surface area contributed by atoms with Gasteiger partial charge in [0.25, 0.3) is 0 Å². The van der Waals surface area contributed by atoms with Crippen molar-refractivity contribution >= 4 is 40.6 Å². The Kier molecular flexibility index (Phi) is 10.2. The summed E-state index contributed by atoms with van der Waals surface area (Å²) in [7, 11) is 0. The van der Waals surface area contributed by atoms with E-state index in [0.29, 0.717) is 24.3 Å². The molecule has 3 atom stereocenters. The predicted molar refractivity (Wildman–Crippen MR) is 143 cm³/mol. The third kappa shape index (κ3) is 8.06. The molecule has 0 bridgehead atoms. The summed E-state index contributed by atoms with van der Waals surface area (Å²) < 4.78 is 13.6. The van der Waals surface area contributed by atoms with E-state index >= 15 is 0 Å². The topological polar surface area (TPSA) is 143 Å². The number of anilines is 1. The second kappa shape index (κ2) is 13.8. The van der Waals surface area contributed by atoms with Gasteiger partial charge in [0.15, 0.2) is 10.6 Å². The standard InChI is InChI=1S/C26H30N4O6S2/c1-16-28-29-26(38-16)37-15-21-13-22(18-7-5-17(14-31)6-8-18)36-25(35-21)19-9-11-20(12-10-19)27-23(32)3-2-4-24(33)30-34/h5-12,21-22,25,31,34H,2-4,13-15H2,1H3,(H,27,32)(H,30,33)/t21-,22+,25+/m0/s1. The van der Waals surface area contributed by atoms with Gasteiger partial charge in [0.1, 0.15) is 5.01 Å². The van der Waals surface area contributed by atoms with E-state index in [1.807, 2.05) is 43.3 Å². The van der Waals surface area contributed by atoms with E-state index in [9.17, 15) is 14.7 Å². The van der Waals surface area contributed by atoms with Crippen LogP contribution in [-0.4, -0.2) is 44.2 Å². The highest BCUT2D eigenvalue weighted by Gasteiger charge is 2.32. The molecule has 38 heavy (non-hydrogen) atoms. The number of carbonyl (C=O) groups is 2. The molecule has 1 aliphatic rings. The average Bonchev–Trinajstić information content (AvgIpc) is 3.37. The number of hydroxylamine groups is 1. The lowest BCUT2D eigenvalue weighted by Crippen LogP contribution is -2.31. The first-order valence-electron chi connectivity index (χ1n) is 12.2. The number of aliphatic hydroxyl groups is 1. The number of nitrogens with one attached hydrogen (secondary N) is 2. The summed E-state index contributed by atoms with van der Waals surface area (Å²) in [6, 6.07) is 15.0. The molecule has 10 nitrogen and oxygen atoms in total. The molecule has 2 aromatic carbocycles. The Morgan fingerprint density at radius 1 is 1.03 bits per heavy atom. The quantitative estimate of drug-likeness (QED) is 0.154. The number of ether oxygens (including phenoxy) is 2. The molecule has 202 valence electrons. The minimum Gasteiger partial charge on any atom is -0.392 e. The van der Waals surface area contributed by atoms with E-state index in [1.165, 1.54) is 0 Å². The van der Waals surface area contributed by atoms with Crippen LogP contribution in [0.25, 0.3) is 0 Å². The Morgan fingerprint density at radius 3 is 2.39 bits per heavy atom. The molecule has 4 N–H and O–H groups in total. The number of carbonyl (C=O) groups excluding carboxylic acids is 2. The van der Waals surface area contributed by atoms with Crippen LogP contribution in [0.1, 0.15) is 59.8 Å². The van der Waals surface area contributed by atoms with Gasteiger partial charge in [-0.2, -0.15) is 0 Å². The molecule has 3 aromatic rings. The smallest absolute Gasteiger partial charge is 0.243 e. The zero-order valence-corrected chi connectivity index (χ0v) is 22.5. The molecule has 0 radical (unpaired) electrons. The number of hydrogen-bond donors (Lipinski definition) is 4. The Hall–Kier alpha value is -2.87. The van der Waals surface area contributed by atoms with Gasteiger partial charge in [-0.25, -0.2) is 5.48 Å². The molecule has 1 saturated heterocycles. The SMILES string of the molecule is Cc1nnc(SC[C@@H]2C[C@H](c3ccc(CO)cc3)O[C@H](c3ccc(NC(=O)CCCC(=O)NO)cc3)O2)s1. The van der Waals surface area contributed by atoms with E-state index in [4.69, 9.17) is 14.7 Å². The highest BCUT2D eigenvalue weighted by atomic mass is 32.2. The molecule has 0 unspecified atom stereocenters. The van der Waals surface area contributed by atoms with Crippen molar-refractivity contribution in [3.8, 4) is 0 Å². The van der Waals surface area contributed by atoms with Gasteiger partial charge in [-0.05, 0) is 36.6 Å². The summed E-state index contributed by atoms with van der Waals surface area (Å²) in [4.78, 5) is 23.3. The van der Waals surface area contributed by atoms with Crippen molar-refractivity contribution in [2.24, 2.45) is 0 Å². The summed E-state index contributed by atoms with van der Waals surface area (Å²) >= 11 is 3.17. The van der Waals surface area contributed by atoms with Crippen LogP contribution in [0.3, 0.4) is 0 Å². The molecule has 2 heterocycles. The summed E-state index contributed by atoms with van der Waals surface area (Å²) in [6.07, 6.45) is 0.337. The fourth-order valence-corrected chi connectivity index (χ4v) is 5.80. The van der Waals surface area contributed by atoms with E-state index in [-0.39, 0.29) is 37.6 Å². The Labute approximate surface area is 228 Å². The number of nitrogens with zero attached hydrogens (tertiary/aromatic N) is 2. The first kappa shape index (κ1) is 28.1. The molecule has 0 saturated carbocycles. The van der Waals surface area contributed by atoms with Crippen LogP contribution in [0, 0.1) is 6.92 Å². The first-order valence-corrected chi connectivity index (χ1v) is 14.0. The fraction of sp³-hybridized carbons (Fsp3) is 0.385. The lowest BCUT2D eigenvalue weighted by Gasteiger charge is -2.36. The van der Waals surface area contributed by atoms with Gasteiger partial charge >= 0.3 is 0 Å². The second-order valence-corrected chi connectivity index (χ2v) is 11.3. The van der Waals surface area contributed by atoms with Crippen LogP contribution < -0.4 is 10.8 Å². The Morgan fingerprint density at radius 2 is 1.74 bits per heavy atom. The zero-order chi connectivity index (χ0) is 26.9. The number of aryl methyl sites for hydroxylation is 1. The van der Waals surface area contributed by atoms with Gasteiger partial charge < -0.3 is 19.9 Å². The highest BCUT2D eigenvalue weighted by molar-refractivity contribution is 8.01. The largest absolute Gasteiger partial charge is 0.392 e. The fourth-order valence-electron chi connectivity index (χ4n) is 3.94. The van der Waals surface area contributed by atoms with Crippen LogP contribution in [-0.2, 0) is 25.7 Å². The highest BCUT2D eigenvalue weighted by Crippen LogP contribution is 2.39. The molecule has 0 aliphatic carbocycles. The van der Waals surface area contributed by atoms with E-state index in [0.717, 1.165) is 26.0 Å². The second-order valence-electron chi connectivity index (χ2n) is 8.81. The van der Waals surface area contributed by atoms with Crippen molar-refractivity contribution in [2.45, 2.75) is 62.1 Å². The third-order valence-corrected chi connectivity index (χ3v) is 8.02. The van der Waals surface area contributed by atoms with Crippen molar-refractivity contribution in [2.75, 3.05) is 11.1 Å². The normalized spacial score (nSPS) is 19.2. The van der Waals surface area contributed by atoms with Gasteiger partial charge in [0.2, 0.25) is 11.8 Å². The maximum Gasteiger partial charge on any atom is 0.243 e. The molecular weight excluding hydrogens is 528 g/mol. The Bertz CT molecular complexity index is 1210. The van der Waals surface area contributed by atoms with Crippen LogP contribution >= 0.6 is 23.1 Å². The van der Waals surface area contributed by atoms with E-state index in [1.54, 1.807) is 40.7 Å². The van der Waals surface area contributed by atoms with Gasteiger partial charge in [-0.3, -0.25) is 14.8 Å². The maximum atomic E-state index is 12.2. The molecular formula is C26H30N4O6S2. The third-order valence-electron chi connectivity index (χ3n) is 5.91. The lowest BCUT2D eigenvalue weighted by molar-refractivity contribution is -0.245. The van der Waals surface area contributed by atoms with Crippen LogP contribution in [0.15, 0.2) is 52.9 Å². The number of aliphatic hydroxyl groups excluding tert-OH is 1. The summed E-state index contributed by atoms with van der Waals surface area (Å²) in [5.41, 5.74) is 4.84. The van der Waals surface area contributed by atoms with Crippen molar-refractivity contribution in [3.63, 3.8) is 0 Å². The lowest BCUT2D eigenvalue weighted by atomic mass is 10.0. The number of aromatic nitrogens is 2. The number of benzene rings is 2. The van der Waals surface area contributed by atoms with Gasteiger partial charge in [-0.15, -0.1) is 10.2 Å². The van der Waals surface area contributed by atoms with Crippen molar-refractivity contribution in [1.82, 2.24) is 15.7 Å². The van der Waals surface area contributed by atoms with Gasteiger partial charge in [-0.1, -0.05) is 59.5 Å². The van der Waals surface area contributed by atoms with Gasteiger partial charge in [0, 0.05) is 36.3 Å². The van der Waals surface area contributed by atoms with E-state index < -0.39 is 12.2 Å². The predicted octanol–water partition coefficient (Wildman–Crippen LogP) is 4.29. The van der Waals surface area contributed by atoms with Crippen LogP contribution in [0.2, 0.25) is 0 Å². The monoisotopic (exact) mass is 558 g/mol. The first-order chi connectivity index (χ1) is 18.4. The number of thioether (sulfide) groups is 1. The number of rotatable bonds is 11. The summed E-state index contributed by atoms with van der Waals surface area (Å²) in [5.74, 6) is -0.0428. The molecule has 1 fully saturated rings. The van der Waals surface area contributed by atoms with Crippen molar-refractivity contribution in [1.29, 1.82) is 0 Å². The molecule has 2 amide bonds. The molecule has 1 aromatic heterocycles. The van der Waals surface area contributed by atoms with Crippen LogP contribution in [0.4, 0.5) is 5.69 Å². The summed E-state index contributed by atoms with van der Waals surface area (Å²) in [5, 5.41) is 29.9. The molecule has 4 rings (SSSR count). The molecule has 1 aliphatic heterocycles. The van der Waals surface area contributed by atoms with Crippen LogP contribution in [0.5, 0.6) is 0 Å². The van der Waals surface area contributed by atoms with Crippen molar-refractivity contribution in [3.05, 3.63) is 70.2 Å².